The molecule has 1 aliphatic heterocycles. The highest BCUT2D eigenvalue weighted by molar-refractivity contribution is 8.18. The molecule has 2 heterocycles. The van der Waals surface area contributed by atoms with Gasteiger partial charge in [-0.2, -0.15) is 0 Å². The summed E-state index contributed by atoms with van der Waals surface area (Å²) in [7, 11) is 0. The lowest BCUT2D eigenvalue weighted by atomic mass is 10.0. The van der Waals surface area contributed by atoms with E-state index in [0.717, 1.165) is 22.7 Å². The second kappa shape index (κ2) is 8.75. The molecule has 1 saturated heterocycles. The van der Waals surface area contributed by atoms with Crippen LogP contribution in [-0.4, -0.2) is 38.2 Å². The molecule has 3 aromatic rings. The van der Waals surface area contributed by atoms with Crippen LogP contribution < -0.4 is 0 Å². The summed E-state index contributed by atoms with van der Waals surface area (Å²) in [4.78, 5) is 48.7. The van der Waals surface area contributed by atoms with Crippen molar-refractivity contribution >= 4 is 40.9 Å². The lowest BCUT2D eigenvalue weighted by molar-refractivity contribution is -0.123. The number of aromatic carboxylic acids is 2. The molecule has 166 valence electrons. The van der Waals surface area contributed by atoms with E-state index in [4.69, 9.17) is 4.42 Å². The predicted molar refractivity (Wildman–Crippen MR) is 116 cm³/mol. The number of amides is 2. The van der Waals surface area contributed by atoms with Crippen LogP contribution in [0.1, 0.15) is 32.0 Å². The number of rotatable bonds is 6. The van der Waals surface area contributed by atoms with Crippen LogP contribution in [0.3, 0.4) is 0 Å². The first-order chi connectivity index (χ1) is 15.7. The Balaban J connectivity index is 1.58. The van der Waals surface area contributed by atoms with Gasteiger partial charge in [-0.05, 0) is 59.8 Å². The van der Waals surface area contributed by atoms with Crippen molar-refractivity contribution in [1.29, 1.82) is 0 Å². The Bertz CT molecular complexity index is 1290. The summed E-state index contributed by atoms with van der Waals surface area (Å²) in [5, 5.41) is 18.0. The number of carbonyl (C=O) groups is 4. The van der Waals surface area contributed by atoms with E-state index < -0.39 is 28.9 Å². The number of halogens is 1. The molecule has 1 aliphatic rings. The van der Waals surface area contributed by atoms with E-state index in [1.165, 1.54) is 54.6 Å². The number of carbonyl (C=O) groups excluding carboxylic acids is 2. The minimum absolute atomic E-state index is 0.00830. The molecule has 0 aliphatic carbocycles. The Morgan fingerprint density at radius 3 is 2.21 bits per heavy atom. The molecule has 4 rings (SSSR count). The summed E-state index contributed by atoms with van der Waals surface area (Å²) in [6.07, 6.45) is 1.37. The van der Waals surface area contributed by atoms with Gasteiger partial charge in [-0.1, -0.05) is 12.1 Å². The van der Waals surface area contributed by atoms with Crippen LogP contribution in [0.25, 0.3) is 17.4 Å². The highest BCUT2D eigenvalue weighted by atomic mass is 32.2. The monoisotopic (exact) mass is 467 g/mol. The summed E-state index contributed by atoms with van der Waals surface area (Å²) in [5.41, 5.74) is 0.388. The summed E-state index contributed by atoms with van der Waals surface area (Å²) in [6.45, 7) is -0.00830. The molecule has 33 heavy (non-hydrogen) atoms. The molecule has 2 N–H and O–H groups in total. The van der Waals surface area contributed by atoms with E-state index >= 15 is 0 Å². The maximum absolute atomic E-state index is 13.1. The third kappa shape index (κ3) is 4.70. The zero-order valence-electron chi connectivity index (χ0n) is 16.6. The van der Waals surface area contributed by atoms with Crippen molar-refractivity contribution in [3.8, 4) is 11.3 Å². The smallest absolute Gasteiger partial charge is 0.335 e. The van der Waals surface area contributed by atoms with Crippen LogP contribution in [0.15, 0.2) is 63.9 Å². The quantitative estimate of drug-likeness (QED) is 0.499. The molecule has 0 saturated carbocycles. The fourth-order valence-corrected chi connectivity index (χ4v) is 3.96. The average Bonchev–Trinajstić information content (AvgIpc) is 3.35. The lowest BCUT2D eigenvalue weighted by Gasteiger charge is -2.12. The molecule has 2 amide bonds. The first kappa shape index (κ1) is 22.0. The molecule has 8 nitrogen and oxygen atoms in total. The van der Waals surface area contributed by atoms with Crippen LogP contribution in [0.5, 0.6) is 0 Å². The van der Waals surface area contributed by atoms with Gasteiger partial charge in [-0.3, -0.25) is 14.5 Å². The number of nitrogens with zero attached hydrogens (tertiary/aromatic N) is 1. The fraction of sp³-hybridized carbons (Fsp3) is 0.0435. The molecule has 0 unspecified atom stereocenters. The zero-order valence-corrected chi connectivity index (χ0v) is 17.5. The fourth-order valence-electron chi connectivity index (χ4n) is 3.14. The maximum atomic E-state index is 13.1. The van der Waals surface area contributed by atoms with E-state index in [-0.39, 0.29) is 39.7 Å². The largest absolute Gasteiger partial charge is 0.478 e. The molecule has 10 heteroatoms. The number of benzene rings is 2. The Morgan fingerprint density at radius 1 is 0.970 bits per heavy atom. The van der Waals surface area contributed by atoms with E-state index in [9.17, 15) is 33.8 Å². The average molecular weight is 467 g/mol. The second-order valence-corrected chi connectivity index (χ2v) is 8.00. The number of carboxylic acids is 2. The molecule has 2 aromatic carbocycles. The van der Waals surface area contributed by atoms with Crippen molar-refractivity contribution in [3.05, 3.63) is 87.8 Å². The minimum Gasteiger partial charge on any atom is -0.478 e. The molecule has 0 radical (unpaired) electrons. The van der Waals surface area contributed by atoms with Gasteiger partial charge in [0.2, 0.25) is 0 Å². The molecule has 1 aromatic heterocycles. The van der Waals surface area contributed by atoms with Crippen molar-refractivity contribution in [3.63, 3.8) is 0 Å². The van der Waals surface area contributed by atoms with Gasteiger partial charge in [0.1, 0.15) is 17.3 Å². The van der Waals surface area contributed by atoms with E-state index in [2.05, 4.69) is 0 Å². The number of thioether (sulfide) groups is 1. The van der Waals surface area contributed by atoms with Gasteiger partial charge in [0, 0.05) is 11.6 Å². The number of hydrogen-bond acceptors (Lipinski definition) is 6. The number of hydrogen-bond donors (Lipinski definition) is 2. The summed E-state index contributed by atoms with van der Waals surface area (Å²) < 4.78 is 18.7. The Hall–Kier alpha value is -4.18. The second-order valence-electron chi connectivity index (χ2n) is 7.01. The molecule has 0 atom stereocenters. The SMILES string of the molecule is O=C(O)c1cc(C(=O)O)cc(-c2ccc(/C=C3/SC(=O)N(Cc4ccc(F)cc4)C3=O)o2)c1. The zero-order chi connectivity index (χ0) is 23.7. The van der Waals surface area contributed by atoms with E-state index in [0.29, 0.717) is 5.56 Å². The summed E-state index contributed by atoms with van der Waals surface area (Å²) in [5.74, 6) is -3.13. The van der Waals surface area contributed by atoms with Crippen molar-refractivity contribution in [2.45, 2.75) is 6.54 Å². The van der Waals surface area contributed by atoms with Gasteiger partial charge in [0.25, 0.3) is 11.1 Å². The van der Waals surface area contributed by atoms with Crippen LogP contribution in [0, 0.1) is 5.82 Å². The molecular formula is C23H14FNO7S. The Morgan fingerprint density at radius 2 is 1.61 bits per heavy atom. The summed E-state index contributed by atoms with van der Waals surface area (Å²) >= 11 is 0.726. The molecule has 1 fully saturated rings. The number of furan rings is 1. The van der Waals surface area contributed by atoms with Crippen LogP contribution in [0.2, 0.25) is 0 Å². The van der Waals surface area contributed by atoms with Gasteiger partial charge < -0.3 is 14.6 Å². The maximum Gasteiger partial charge on any atom is 0.335 e. The first-order valence-electron chi connectivity index (χ1n) is 9.43. The highest BCUT2D eigenvalue weighted by Crippen LogP contribution is 2.34. The predicted octanol–water partition coefficient (Wildman–Crippen LogP) is 4.72. The van der Waals surface area contributed by atoms with Gasteiger partial charge in [-0.15, -0.1) is 0 Å². The molecule has 0 bridgehead atoms. The van der Waals surface area contributed by atoms with Crippen molar-refractivity contribution in [1.82, 2.24) is 4.90 Å². The van der Waals surface area contributed by atoms with Crippen molar-refractivity contribution in [2.75, 3.05) is 0 Å². The highest BCUT2D eigenvalue weighted by Gasteiger charge is 2.35. The van der Waals surface area contributed by atoms with Gasteiger partial charge in [0.15, 0.2) is 0 Å². The number of imide groups is 1. The number of carboxylic acid groups (broad SMARTS) is 2. The van der Waals surface area contributed by atoms with Crippen LogP contribution in [0.4, 0.5) is 9.18 Å². The third-order valence-electron chi connectivity index (χ3n) is 4.74. The summed E-state index contributed by atoms with van der Waals surface area (Å²) in [6, 6.07) is 12.0. The minimum atomic E-state index is -1.29. The molecular weight excluding hydrogens is 453 g/mol. The Labute approximate surface area is 189 Å². The van der Waals surface area contributed by atoms with Gasteiger partial charge in [0.05, 0.1) is 22.6 Å². The van der Waals surface area contributed by atoms with Crippen molar-refractivity contribution < 1.29 is 38.2 Å². The first-order valence-corrected chi connectivity index (χ1v) is 10.2. The normalized spacial score (nSPS) is 14.8. The lowest BCUT2D eigenvalue weighted by Crippen LogP contribution is -2.27. The van der Waals surface area contributed by atoms with Crippen LogP contribution >= 0.6 is 11.8 Å². The molecule has 0 spiro atoms. The van der Waals surface area contributed by atoms with Gasteiger partial charge in [-0.25, -0.2) is 14.0 Å². The van der Waals surface area contributed by atoms with Gasteiger partial charge >= 0.3 is 11.9 Å². The van der Waals surface area contributed by atoms with E-state index in [1.807, 2.05) is 0 Å². The standard InChI is InChI=1S/C23H14FNO7S/c24-16-3-1-12(2-4-16)11-25-20(26)19(33-23(25)31)10-17-5-6-18(32-17)13-7-14(21(27)28)9-15(8-13)22(29)30/h1-10H,11H2,(H,27,28)(H,29,30)/b19-10+. The van der Waals surface area contributed by atoms with E-state index in [1.54, 1.807) is 0 Å². The topological polar surface area (TPSA) is 125 Å². The van der Waals surface area contributed by atoms with Crippen molar-refractivity contribution in [2.24, 2.45) is 0 Å². The Kier molecular flexibility index (Phi) is 5.84. The van der Waals surface area contributed by atoms with Crippen LogP contribution in [-0.2, 0) is 11.3 Å². The third-order valence-corrected chi connectivity index (χ3v) is 5.65.